The van der Waals surface area contributed by atoms with E-state index < -0.39 is 0 Å². The molecule has 3 aromatic heterocycles. The van der Waals surface area contributed by atoms with Gasteiger partial charge in [0.25, 0.3) is 0 Å². The Hall–Kier alpha value is -3.71. The Morgan fingerprint density at radius 3 is 2.82 bits per heavy atom. The van der Waals surface area contributed by atoms with Crippen LogP contribution in [0.1, 0.15) is 0 Å². The lowest BCUT2D eigenvalue weighted by atomic mass is 10.0. The Morgan fingerprint density at radius 2 is 1.93 bits per heavy atom. The largest absolute Gasteiger partial charge is 0.368 e. The quantitative estimate of drug-likeness (QED) is 0.419. The summed E-state index contributed by atoms with van der Waals surface area (Å²) in [7, 11) is 0. The number of rotatable bonds is 3. The highest BCUT2D eigenvalue weighted by Gasteiger charge is 2.13. The van der Waals surface area contributed by atoms with Gasteiger partial charge in [0, 0.05) is 40.0 Å². The summed E-state index contributed by atoms with van der Waals surface area (Å²) in [5.41, 5.74) is 10.1. The summed E-state index contributed by atoms with van der Waals surface area (Å²) in [6, 6.07) is 15.7. The van der Waals surface area contributed by atoms with Gasteiger partial charge in [0.2, 0.25) is 5.95 Å². The zero-order valence-corrected chi connectivity index (χ0v) is 15.3. The average Bonchev–Trinajstić information content (AvgIpc) is 3.08. The van der Waals surface area contributed by atoms with Gasteiger partial charge in [0.1, 0.15) is 5.82 Å². The van der Waals surface area contributed by atoms with Crippen LogP contribution >= 0.6 is 11.6 Å². The molecule has 7 nitrogen and oxygen atoms in total. The molecule has 0 saturated heterocycles. The minimum absolute atomic E-state index is 0.200. The van der Waals surface area contributed by atoms with Crippen molar-refractivity contribution >= 4 is 50.9 Å². The molecule has 0 saturated carbocycles. The van der Waals surface area contributed by atoms with Crippen molar-refractivity contribution < 1.29 is 0 Å². The SMILES string of the molecule is Nc1nccc(Nc2cc(-c3cnc4ccccc4c3)c3[nH]nc(Cl)c3c2)n1. The van der Waals surface area contributed by atoms with Crippen LogP contribution in [0.5, 0.6) is 0 Å². The minimum atomic E-state index is 0.200. The van der Waals surface area contributed by atoms with Crippen LogP contribution in [0.3, 0.4) is 0 Å². The third-order valence-corrected chi connectivity index (χ3v) is 4.76. The first kappa shape index (κ1) is 16.5. The molecule has 4 N–H and O–H groups in total. The molecule has 0 spiro atoms. The van der Waals surface area contributed by atoms with Crippen molar-refractivity contribution in [2.24, 2.45) is 0 Å². The second-order valence-corrected chi connectivity index (χ2v) is 6.66. The number of nitrogens with two attached hydrogens (primary N) is 1. The van der Waals surface area contributed by atoms with Gasteiger partial charge in [-0.15, -0.1) is 0 Å². The maximum Gasteiger partial charge on any atom is 0.221 e. The van der Waals surface area contributed by atoms with Crippen molar-refractivity contribution in [3.63, 3.8) is 0 Å². The number of nitrogens with zero attached hydrogens (tertiary/aromatic N) is 4. The molecule has 8 heteroatoms. The summed E-state index contributed by atoms with van der Waals surface area (Å²) < 4.78 is 0. The third-order valence-electron chi connectivity index (χ3n) is 4.47. The van der Waals surface area contributed by atoms with Crippen LogP contribution in [0.25, 0.3) is 32.9 Å². The summed E-state index contributed by atoms with van der Waals surface area (Å²) >= 11 is 6.30. The number of hydrogen-bond acceptors (Lipinski definition) is 6. The van der Waals surface area contributed by atoms with Gasteiger partial charge in [-0.25, -0.2) is 4.98 Å². The number of fused-ring (bicyclic) bond motifs is 2. The van der Waals surface area contributed by atoms with Gasteiger partial charge in [-0.3, -0.25) is 10.1 Å². The van der Waals surface area contributed by atoms with E-state index in [1.807, 2.05) is 42.6 Å². The van der Waals surface area contributed by atoms with E-state index in [-0.39, 0.29) is 5.95 Å². The van der Waals surface area contributed by atoms with Gasteiger partial charge < -0.3 is 11.1 Å². The number of halogens is 1. The Bertz CT molecular complexity index is 1330. The fourth-order valence-electron chi connectivity index (χ4n) is 3.20. The number of para-hydroxylation sites is 1. The summed E-state index contributed by atoms with van der Waals surface area (Å²) in [6.07, 6.45) is 3.44. The molecule has 0 aliphatic carbocycles. The molecule has 2 aromatic carbocycles. The molecule has 28 heavy (non-hydrogen) atoms. The van der Waals surface area contributed by atoms with Crippen molar-refractivity contribution in [1.82, 2.24) is 25.1 Å². The molecule has 136 valence electrons. The van der Waals surface area contributed by atoms with Crippen molar-refractivity contribution in [3.05, 3.63) is 66.1 Å². The minimum Gasteiger partial charge on any atom is -0.368 e. The summed E-state index contributed by atoms with van der Waals surface area (Å²) in [5.74, 6) is 0.792. The molecule has 5 rings (SSSR count). The van der Waals surface area contributed by atoms with Crippen LogP contribution in [-0.2, 0) is 0 Å². The van der Waals surface area contributed by atoms with Crippen LogP contribution < -0.4 is 11.1 Å². The fraction of sp³-hybridized carbons (Fsp3) is 0. The molecule has 0 amide bonds. The summed E-state index contributed by atoms with van der Waals surface area (Å²) in [4.78, 5) is 12.7. The maximum atomic E-state index is 6.30. The predicted octanol–water partition coefficient (Wildman–Crippen LogP) is 4.55. The Kier molecular flexibility index (Phi) is 3.80. The fourth-order valence-corrected chi connectivity index (χ4v) is 3.39. The van der Waals surface area contributed by atoms with Crippen LogP contribution in [0.4, 0.5) is 17.5 Å². The molecule has 5 aromatic rings. The van der Waals surface area contributed by atoms with E-state index in [1.54, 1.807) is 12.3 Å². The van der Waals surface area contributed by atoms with E-state index in [1.165, 1.54) is 0 Å². The van der Waals surface area contributed by atoms with E-state index >= 15 is 0 Å². The Labute approximate surface area is 164 Å². The molecule has 0 unspecified atom stereocenters. The molecule has 0 aliphatic rings. The van der Waals surface area contributed by atoms with Gasteiger partial charge in [0.15, 0.2) is 5.15 Å². The number of hydrogen-bond donors (Lipinski definition) is 3. The third kappa shape index (κ3) is 2.87. The van der Waals surface area contributed by atoms with Crippen LogP contribution in [0, 0.1) is 0 Å². The van der Waals surface area contributed by atoms with Crippen LogP contribution in [-0.4, -0.2) is 25.1 Å². The molecular formula is C20H14ClN7. The second-order valence-electron chi connectivity index (χ2n) is 6.30. The first-order chi connectivity index (χ1) is 13.7. The Morgan fingerprint density at radius 1 is 1.04 bits per heavy atom. The number of aromatic amines is 1. The highest BCUT2D eigenvalue weighted by atomic mass is 35.5. The number of pyridine rings is 1. The number of nitrogen functional groups attached to an aromatic ring is 1. The first-order valence-electron chi connectivity index (χ1n) is 8.56. The number of nitrogens with one attached hydrogen (secondary N) is 2. The number of anilines is 3. The van der Waals surface area contributed by atoms with Crippen molar-refractivity contribution in [2.45, 2.75) is 0 Å². The van der Waals surface area contributed by atoms with E-state index in [0.29, 0.717) is 11.0 Å². The van der Waals surface area contributed by atoms with Crippen LogP contribution in [0.15, 0.2) is 60.9 Å². The molecule has 0 aliphatic heterocycles. The molecule has 0 radical (unpaired) electrons. The average molecular weight is 388 g/mol. The molecule has 0 bridgehead atoms. The monoisotopic (exact) mass is 387 g/mol. The topological polar surface area (TPSA) is 105 Å². The van der Waals surface area contributed by atoms with E-state index in [4.69, 9.17) is 17.3 Å². The normalized spacial score (nSPS) is 11.2. The van der Waals surface area contributed by atoms with E-state index in [0.717, 1.165) is 38.6 Å². The molecule has 0 atom stereocenters. The molecule has 3 heterocycles. The highest BCUT2D eigenvalue weighted by molar-refractivity contribution is 6.34. The van der Waals surface area contributed by atoms with Crippen molar-refractivity contribution in [2.75, 3.05) is 11.1 Å². The van der Waals surface area contributed by atoms with Gasteiger partial charge >= 0.3 is 0 Å². The summed E-state index contributed by atoms with van der Waals surface area (Å²) in [5, 5.41) is 12.7. The lowest BCUT2D eigenvalue weighted by Gasteiger charge is -2.10. The lowest BCUT2D eigenvalue weighted by Crippen LogP contribution is -1.99. The maximum absolute atomic E-state index is 6.30. The van der Waals surface area contributed by atoms with Gasteiger partial charge in [-0.1, -0.05) is 29.8 Å². The van der Waals surface area contributed by atoms with E-state index in [9.17, 15) is 0 Å². The lowest BCUT2D eigenvalue weighted by molar-refractivity contribution is 1.12. The molecule has 0 fully saturated rings. The molecular weight excluding hydrogens is 374 g/mol. The highest BCUT2D eigenvalue weighted by Crippen LogP contribution is 2.35. The standard InChI is InChI=1S/C20H14ClN7/c21-19-15-9-13(25-17-5-6-23-20(22)26-17)8-14(18(15)27-28-19)12-7-11-3-1-2-4-16(11)24-10-12/h1-10H,(H,27,28)(H3,22,23,25,26). The zero-order valence-electron chi connectivity index (χ0n) is 14.5. The number of H-pyrrole nitrogens is 1. The van der Waals surface area contributed by atoms with Crippen molar-refractivity contribution in [1.29, 1.82) is 0 Å². The predicted molar refractivity (Wildman–Crippen MR) is 112 cm³/mol. The van der Waals surface area contributed by atoms with Gasteiger partial charge in [-0.2, -0.15) is 10.1 Å². The second kappa shape index (κ2) is 6.47. The number of aromatic nitrogens is 5. The zero-order chi connectivity index (χ0) is 19.1. The smallest absolute Gasteiger partial charge is 0.221 e. The van der Waals surface area contributed by atoms with Crippen LogP contribution in [0.2, 0.25) is 5.15 Å². The first-order valence-corrected chi connectivity index (χ1v) is 8.93. The van der Waals surface area contributed by atoms with Crippen molar-refractivity contribution in [3.8, 4) is 11.1 Å². The summed E-state index contributed by atoms with van der Waals surface area (Å²) in [6.45, 7) is 0. The van der Waals surface area contributed by atoms with Gasteiger partial charge in [-0.05, 0) is 30.3 Å². The van der Waals surface area contributed by atoms with E-state index in [2.05, 4.69) is 36.5 Å². The number of benzene rings is 2. The van der Waals surface area contributed by atoms with Gasteiger partial charge in [0.05, 0.1) is 11.0 Å². The Balaban J connectivity index is 1.68.